The summed E-state index contributed by atoms with van der Waals surface area (Å²) in [6.45, 7) is 5.41. The average Bonchev–Trinajstić information content (AvgIpc) is 3.20. The molecule has 0 spiro atoms. The Morgan fingerprint density at radius 3 is 2.72 bits per heavy atom. The summed E-state index contributed by atoms with van der Waals surface area (Å²) in [6.07, 6.45) is 2.07. The summed E-state index contributed by atoms with van der Waals surface area (Å²) in [7, 11) is 0. The molecule has 3 N–H and O–H groups in total. The molecule has 5 nitrogen and oxygen atoms in total. The number of aliphatic hydroxyl groups excluding tert-OH is 1. The Balaban J connectivity index is 0.00000300. The van der Waals surface area contributed by atoms with Crippen LogP contribution in [-0.4, -0.2) is 43.3 Å². The lowest BCUT2D eigenvalue weighted by Crippen LogP contribution is -2.38. The third kappa shape index (κ3) is 7.42. The fourth-order valence-corrected chi connectivity index (χ4v) is 3.99. The number of guanidine groups is 1. The normalized spacial score (nSPS) is 15.1. The van der Waals surface area contributed by atoms with E-state index in [1.807, 2.05) is 24.0 Å². The van der Waals surface area contributed by atoms with E-state index in [9.17, 15) is 9.50 Å². The summed E-state index contributed by atoms with van der Waals surface area (Å²) in [4.78, 5) is 7.92. The fraction of sp³-hybridized carbons (Fsp3) is 0.476. The van der Waals surface area contributed by atoms with Gasteiger partial charge in [0.2, 0.25) is 0 Å². The molecule has 1 aromatic heterocycles. The molecular weight excluding hydrogens is 502 g/mol. The van der Waals surface area contributed by atoms with E-state index in [1.54, 1.807) is 17.4 Å². The summed E-state index contributed by atoms with van der Waals surface area (Å²) in [5, 5.41) is 18.3. The van der Waals surface area contributed by atoms with E-state index in [0.717, 1.165) is 31.0 Å². The van der Waals surface area contributed by atoms with Crippen molar-refractivity contribution in [2.75, 3.05) is 31.1 Å². The molecule has 0 saturated carbocycles. The zero-order valence-electron chi connectivity index (χ0n) is 16.7. The molecule has 1 aromatic carbocycles. The first kappa shape index (κ1) is 23.9. The average molecular weight is 532 g/mol. The Bertz CT molecular complexity index is 764. The van der Waals surface area contributed by atoms with Gasteiger partial charge in [-0.15, -0.1) is 35.3 Å². The maximum atomic E-state index is 14.6. The number of hydrogen-bond acceptors (Lipinski definition) is 4. The van der Waals surface area contributed by atoms with E-state index in [-0.39, 0.29) is 35.9 Å². The van der Waals surface area contributed by atoms with Crippen molar-refractivity contribution in [1.82, 2.24) is 10.6 Å². The van der Waals surface area contributed by atoms with Gasteiger partial charge in [0.1, 0.15) is 5.82 Å². The van der Waals surface area contributed by atoms with Gasteiger partial charge in [0.05, 0.1) is 18.3 Å². The van der Waals surface area contributed by atoms with E-state index >= 15 is 0 Å². The van der Waals surface area contributed by atoms with Crippen LogP contribution in [0.3, 0.4) is 0 Å². The molecule has 29 heavy (non-hydrogen) atoms. The lowest BCUT2D eigenvalue weighted by Gasteiger charge is -2.31. The molecular formula is C21H30FIN4OS. The molecule has 2 aromatic rings. The van der Waals surface area contributed by atoms with Gasteiger partial charge >= 0.3 is 0 Å². The Morgan fingerprint density at radius 1 is 1.28 bits per heavy atom. The number of anilines is 1. The van der Waals surface area contributed by atoms with Crippen LogP contribution in [0.4, 0.5) is 10.1 Å². The SMILES string of the molecule is CCNC(=NCc1ccc(N2CCC(O)CC2)c(F)c1)NCCc1cccs1.I. The van der Waals surface area contributed by atoms with Crippen LogP contribution in [-0.2, 0) is 13.0 Å². The number of hydrogen-bond donors (Lipinski definition) is 3. The van der Waals surface area contributed by atoms with Crippen LogP contribution in [0.15, 0.2) is 40.7 Å². The number of rotatable bonds is 7. The number of aliphatic imine (C=N–C) groups is 1. The molecule has 1 saturated heterocycles. The molecule has 0 radical (unpaired) electrons. The minimum Gasteiger partial charge on any atom is -0.393 e. The summed E-state index contributed by atoms with van der Waals surface area (Å²) < 4.78 is 14.6. The summed E-state index contributed by atoms with van der Waals surface area (Å²) >= 11 is 1.75. The molecule has 0 bridgehead atoms. The Kier molecular flexibility index (Phi) is 10.2. The van der Waals surface area contributed by atoms with Crippen molar-refractivity contribution in [3.05, 3.63) is 52.0 Å². The van der Waals surface area contributed by atoms with Gasteiger partial charge in [-0.05, 0) is 55.3 Å². The molecule has 1 aliphatic rings. The largest absolute Gasteiger partial charge is 0.393 e. The van der Waals surface area contributed by atoms with Crippen molar-refractivity contribution in [2.24, 2.45) is 4.99 Å². The Morgan fingerprint density at radius 2 is 2.07 bits per heavy atom. The van der Waals surface area contributed by atoms with Crippen LogP contribution >= 0.6 is 35.3 Å². The van der Waals surface area contributed by atoms with Crippen molar-refractivity contribution in [2.45, 2.75) is 38.8 Å². The molecule has 0 amide bonds. The van der Waals surface area contributed by atoms with Gasteiger partial charge in [-0.2, -0.15) is 0 Å². The monoisotopic (exact) mass is 532 g/mol. The number of piperidine rings is 1. The van der Waals surface area contributed by atoms with Crippen LogP contribution < -0.4 is 15.5 Å². The second-order valence-electron chi connectivity index (χ2n) is 6.96. The highest BCUT2D eigenvalue weighted by molar-refractivity contribution is 14.0. The maximum Gasteiger partial charge on any atom is 0.191 e. The highest BCUT2D eigenvalue weighted by atomic mass is 127. The van der Waals surface area contributed by atoms with Gasteiger partial charge in [-0.3, -0.25) is 0 Å². The van der Waals surface area contributed by atoms with Gasteiger partial charge in [0, 0.05) is 31.1 Å². The predicted molar refractivity (Wildman–Crippen MR) is 130 cm³/mol. The molecule has 1 fully saturated rings. The van der Waals surface area contributed by atoms with E-state index in [2.05, 4.69) is 33.1 Å². The molecule has 0 atom stereocenters. The van der Waals surface area contributed by atoms with Crippen molar-refractivity contribution in [3.63, 3.8) is 0 Å². The molecule has 3 rings (SSSR count). The van der Waals surface area contributed by atoms with E-state index in [0.29, 0.717) is 38.2 Å². The number of aliphatic hydroxyl groups is 1. The van der Waals surface area contributed by atoms with E-state index < -0.39 is 0 Å². The van der Waals surface area contributed by atoms with E-state index in [4.69, 9.17) is 0 Å². The molecule has 8 heteroatoms. The van der Waals surface area contributed by atoms with Gasteiger partial charge < -0.3 is 20.6 Å². The Hall–Kier alpha value is -1.39. The zero-order chi connectivity index (χ0) is 19.8. The predicted octanol–water partition coefficient (Wildman–Crippen LogP) is 3.76. The lowest BCUT2D eigenvalue weighted by atomic mass is 10.1. The highest BCUT2D eigenvalue weighted by Gasteiger charge is 2.19. The molecule has 1 aliphatic heterocycles. The van der Waals surface area contributed by atoms with Crippen molar-refractivity contribution < 1.29 is 9.50 Å². The van der Waals surface area contributed by atoms with Gasteiger partial charge in [-0.1, -0.05) is 12.1 Å². The minimum atomic E-state index is -0.260. The summed E-state index contributed by atoms with van der Waals surface area (Å²) in [5.41, 5.74) is 1.45. The van der Waals surface area contributed by atoms with Gasteiger partial charge in [0.25, 0.3) is 0 Å². The summed E-state index contributed by atoms with van der Waals surface area (Å²) in [5.74, 6) is 0.522. The smallest absolute Gasteiger partial charge is 0.191 e. The summed E-state index contributed by atoms with van der Waals surface area (Å²) in [6, 6.07) is 9.52. The van der Waals surface area contributed by atoms with Crippen LogP contribution in [0.25, 0.3) is 0 Å². The molecule has 0 unspecified atom stereocenters. The van der Waals surface area contributed by atoms with Crippen molar-refractivity contribution in [1.29, 1.82) is 0 Å². The first-order chi connectivity index (χ1) is 13.7. The number of thiophene rings is 1. The minimum absolute atomic E-state index is 0. The number of nitrogens with zero attached hydrogens (tertiary/aromatic N) is 2. The first-order valence-electron chi connectivity index (χ1n) is 9.91. The molecule has 2 heterocycles. The third-order valence-corrected chi connectivity index (χ3v) is 5.76. The number of nitrogens with one attached hydrogen (secondary N) is 2. The fourth-order valence-electron chi connectivity index (χ4n) is 3.28. The van der Waals surface area contributed by atoms with Gasteiger partial charge in [-0.25, -0.2) is 9.38 Å². The number of halogens is 2. The standard InChI is InChI=1S/C21H29FN4OS.HI/c1-2-23-21(24-10-7-18-4-3-13-28-18)25-15-16-5-6-20(19(22)14-16)26-11-8-17(27)9-12-26;/h3-6,13-14,17,27H,2,7-12,15H2,1H3,(H2,23,24,25);1H. The first-order valence-corrected chi connectivity index (χ1v) is 10.8. The van der Waals surface area contributed by atoms with Gasteiger partial charge in [0.15, 0.2) is 5.96 Å². The van der Waals surface area contributed by atoms with Crippen LogP contribution in [0.2, 0.25) is 0 Å². The molecule has 160 valence electrons. The van der Waals surface area contributed by atoms with E-state index in [1.165, 1.54) is 4.88 Å². The maximum absolute atomic E-state index is 14.6. The van der Waals surface area contributed by atoms with Crippen molar-refractivity contribution >= 4 is 47.0 Å². The zero-order valence-corrected chi connectivity index (χ0v) is 19.9. The third-order valence-electron chi connectivity index (χ3n) is 4.83. The Labute approximate surface area is 193 Å². The molecule has 0 aliphatic carbocycles. The second-order valence-corrected chi connectivity index (χ2v) is 7.99. The number of benzene rings is 1. The second kappa shape index (κ2) is 12.3. The lowest BCUT2D eigenvalue weighted by molar-refractivity contribution is 0.145. The van der Waals surface area contributed by atoms with Crippen molar-refractivity contribution in [3.8, 4) is 0 Å². The van der Waals surface area contributed by atoms with Crippen LogP contribution in [0.1, 0.15) is 30.2 Å². The van der Waals surface area contributed by atoms with Crippen LogP contribution in [0, 0.1) is 5.82 Å². The highest BCUT2D eigenvalue weighted by Crippen LogP contribution is 2.24. The quantitative estimate of drug-likeness (QED) is 0.289. The topological polar surface area (TPSA) is 59.9 Å². The van der Waals surface area contributed by atoms with Crippen LogP contribution in [0.5, 0.6) is 0 Å².